The fraction of sp³-hybridized carbons (Fsp3) is 0.600. The molecule has 0 atom stereocenters. The Labute approximate surface area is 116 Å². The first kappa shape index (κ1) is 14.3. The van der Waals surface area contributed by atoms with Crippen molar-refractivity contribution in [1.82, 2.24) is 15.5 Å². The van der Waals surface area contributed by atoms with Crippen LogP contribution in [-0.2, 0) is 6.54 Å². The van der Waals surface area contributed by atoms with E-state index in [1.807, 2.05) is 0 Å². The Balaban J connectivity index is 1.91. The maximum Gasteiger partial charge on any atom is 0.126 e. The van der Waals surface area contributed by atoms with Crippen molar-refractivity contribution in [3.05, 3.63) is 28.8 Å². The van der Waals surface area contributed by atoms with Gasteiger partial charge < -0.3 is 15.4 Å². The maximum atomic E-state index is 5.51. The van der Waals surface area contributed by atoms with E-state index in [1.165, 1.54) is 16.7 Å². The zero-order chi connectivity index (χ0) is 13.7. The zero-order valence-electron chi connectivity index (χ0n) is 12.3. The van der Waals surface area contributed by atoms with Gasteiger partial charge in [-0.2, -0.15) is 0 Å². The third-order valence-electron chi connectivity index (χ3n) is 3.56. The Hall–Kier alpha value is -1.10. The monoisotopic (exact) mass is 263 g/mol. The Morgan fingerprint density at radius 3 is 2.68 bits per heavy atom. The molecule has 1 aliphatic heterocycles. The van der Waals surface area contributed by atoms with E-state index in [1.54, 1.807) is 7.11 Å². The molecule has 0 aromatic heterocycles. The van der Waals surface area contributed by atoms with Crippen LogP contribution in [-0.4, -0.2) is 44.9 Å². The molecule has 4 nitrogen and oxygen atoms in total. The number of benzene rings is 1. The lowest BCUT2D eigenvalue weighted by Crippen LogP contribution is -2.46. The quantitative estimate of drug-likeness (QED) is 0.839. The van der Waals surface area contributed by atoms with Gasteiger partial charge in [0.05, 0.1) is 7.11 Å². The number of methoxy groups -OCH3 is 1. The molecule has 0 amide bonds. The van der Waals surface area contributed by atoms with Crippen LogP contribution in [0.2, 0.25) is 0 Å². The molecule has 106 valence electrons. The zero-order valence-corrected chi connectivity index (χ0v) is 12.3. The van der Waals surface area contributed by atoms with Crippen molar-refractivity contribution >= 4 is 0 Å². The second-order valence-corrected chi connectivity index (χ2v) is 5.23. The summed E-state index contributed by atoms with van der Waals surface area (Å²) in [4.78, 5) is 2.44. The first-order valence-corrected chi connectivity index (χ1v) is 6.98. The smallest absolute Gasteiger partial charge is 0.126 e. The van der Waals surface area contributed by atoms with Crippen molar-refractivity contribution < 1.29 is 4.74 Å². The number of hydrogen-bond donors (Lipinski definition) is 2. The summed E-state index contributed by atoms with van der Waals surface area (Å²) in [5.74, 6) is 1.01. The van der Waals surface area contributed by atoms with Crippen LogP contribution in [0.15, 0.2) is 12.1 Å². The van der Waals surface area contributed by atoms with Crippen LogP contribution < -0.4 is 15.4 Å². The number of piperazine rings is 1. The van der Waals surface area contributed by atoms with Crippen molar-refractivity contribution in [3.63, 3.8) is 0 Å². The van der Waals surface area contributed by atoms with Crippen LogP contribution in [0.3, 0.4) is 0 Å². The minimum Gasteiger partial charge on any atom is -0.496 e. The number of nitrogens with one attached hydrogen (secondary N) is 2. The number of aryl methyl sites for hydroxylation is 2. The van der Waals surface area contributed by atoms with Gasteiger partial charge >= 0.3 is 0 Å². The lowest BCUT2D eigenvalue weighted by Gasteiger charge is -2.27. The van der Waals surface area contributed by atoms with Gasteiger partial charge in [0.25, 0.3) is 0 Å². The molecule has 2 rings (SSSR count). The highest BCUT2D eigenvalue weighted by Crippen LogP contribution is 2.24. The van der Waals surface area contributed by atoms with E-state index in [2.05, 4.69) is 41.5 Å². The minimum atomic E-state index is 0.857. The highest BCUT2D eigenvalue weighted by molar-refractivity contribution is 5.43. The third-order valence-corrected chi connectivity index (χ3v) is 3.56. The van der Waals surface area contributed by atoms with Crippen LogP contribution in [0.1, 0.15) is 16.7 Å². The molecule has 4 heteroatoms. The highest BCUT2D eigenvalue weighted by atomic mass is 16.5. The second kappa shape index (κ2) is 6.89. The molecule has 0 radical (unpaired) electrons. The molecule has 0 bridgehead atoms. The topological polar surface area (TPSA) is 36.5 Å². The predicted octanol–water partition coefficient (Wildman–Crippen LogP) is 1.26. The number of rotatable bonds is 5. The van der Waals surface area contributed by atoms with E-state index in [0.717, 1.165) is 45.1 Å². The molecule has 1 saturated heterocycles. The SMILES string of the molecule is COc1c(C)cc(C)cc1CNCN1CCNCC1. The standard InChI is InChI=1S/C15H25N3O/c1-12-8-13(2)15(19-3)14(9-12)10-17-11-18-6-4-16-5-7-18/h8-9,16-17H,4-7,10-11H2,1-3H3. The van der Waals surface area contributed by atoms with E-state index in [-0.39, 0.29) is 0 Å². The Morgan fingerprint density at radius 2 is 2.00 bits per heavy atom. The Morgan fingerprint density at radius 1 is 1.26 bits per heavy atom. The predicted molar refractivity (Wildman–Crippen MR) is 78.6 cm³/mol. The average Bonchev–Trinajstić information content (AvgIpc) is 2.39. The molecule has 1 aromatic rings. The van der Waals surface area contributed by atoms with Crippen LogP contribution in [0.4, 0.5) is 0 Å². The van der Waals surface area contributed by atoms with Gasteiger partial charge in [-0.15, -0.1) is 0 Å². The van der Waals surface area contributed by atoms with E-state index >= 15 is 0 Å². The second-order valence-electron chi connectivity index (χ2n) is 5.23. The molecule has 1 fully saturated rings. The van der Waals surface area contributed by atoms with Crippen LogP contribution in [0.5, 0.6) is 5.75 Å². The van der Waals surface area contributed by atoms with Gasteiger partial charge in [0.15, 0.2) is 0 Å². The number of nitrogens with zero attached hydrogens (tertiary/aromatic N) is 1. The van der Waals surface area contributed by atoms with Crippen molar-refractivity contribution in [2.45, 2.75) is 20.4 Å². The summed E-state index contributed by atoms with van der Waals surface area (Å²) < 4.78 is 5.51. The van der Waals surface area contributed by atoms with Gasteiger partial charge in [-0.3, -0.25) is 4.90 Å². The van der Waals surface area contributed by atoms with Gasteiger partial charge in [0.2, 0.25) is 0 Å². The van der Waals surface area contributed by atoms with Gasteiger partial charge in [-0.1, -0.05) is 17.7 Å². The highest BCUT2D eigenvalue weighted by Gasteiger charge is 2.10. The molecular formula is C15H25N3O. The molecule has 0 saturated carbocycles. The normalized spacial score (nSPS) is 16.6. The van der Waals surface area contributed by atoms with Gasteiger partial charge in [0, 0.05) is 45.0 Å². The average molecular weight is 263 g/mol. The van der Waals surface area contributed by atoms with E-state index in [0.29, 0.717) is 0 Å². The van der Waals surface area contributed by atoms with Crippen LogP contribution in [0, 0.1) is 13.8 Å². The molecule has 2 N–H and O–H groups in total. The van der Waals surface area contributed by atoms with Crippen molar-refractivity contribution in [2.75, 3.05) is 40.0 Å². The summed E-state index contributed by atoms with van der Waals surface area (Å²) >= 11 is 0. The van der Waals surface area contributed by atoms with E-state index in [4.69, 9.17) is 4.74 Å². The summed E-state index contributed by atoms with van der Waals surface area (Å²) in [6, 6.07) is 4.37. The fourth-order valence-electron chi connectivity index (χ4n) is 2.68. The molecule has 1 heterocycles. The first-order chi connectivity index (χ1) is 9.20. The summed E-state index contributed by atoms with van der Waals surface area (Å²) in [6.45, 7) is 10.5. The van der Waals surface area contributed by atoms with Crippen molar-refractivity contribution in [1.29, 1.82) is 0 Å². The summed E-state index contributed by atoms with van der Waals surface area (Å²) in [5.41, 5.74) is 3.74. The molecule has 0 spiro atoms. The van der Waals surface area contributed by atoms with Crippen molar-refractivity contribution in [2.24, 2.45) is 0 Å². The Bertz CT molecular complexity index is 414. The molecule has 19 heavy (non-hydrogen) atoms. The number of ether oxygens (including phenoxy) is 1. The number of hydrogen-bond acceptors (Lipinski definition) is 4. The largest absolute Gasteiger partial charge is 0.496 e. The summed E-state index contributed by atoms with van der Waals surface area (Å²) in [5, 5.41) is 6.89. The van der Waals surface area contributed by atoms with E-state index in [9.17, 15) is 0 Å². The third kappa shape index (κ3) is 3.93. The molecule has 0 aliphatic carbocycles. The van der Waals surface area contributed by atoms with Gasteiger partial charge in [-0.25, -0.2) is 0 Å². The van der Waals surface area contributed by atoms with Crippen LogP contribution in [0.25, 0.3) is 0 Å². The van der Waals surface area contributed by atoms with Gasteiger partial charge in [-0.05, 0) is 19.4 Å². The summed E-state index contributed by atoms with van der Waals surface area (Å²) in [7, 11) is 1.75. The van der Waals surface area contributed by atoms with Crippen molar-refractivity contribution in [3.8, 4) is 5.75 Å². The lowest BCUT2D eigenvalue weighted by molar-refractivity contribution is 0.222. The molecule has 0 unspecified atom stereocenters. The molecular weight excluding hydrogens is 238 g/mol. The Kier molecular flexibility index (Phi) is 5.19. The first-order valence-electron chi connectivity index (χ1n) is 6.98. The summed E-state index contributed by atoms with van der Waals surface area (Å²) in [6.07, 6.45) is 0. The van der Waals surface area contributed by atoms with Crippen LogP contribution >= 0.6 is 0 Å². The maximum absolute atomic E-state index is 5.51. The van der Waals surface area contributed by atoms with E-state index < -0.39 is 0 Å². The fourth-order valence-corrected chi connectivity index (χ4v) is 2.68. The molecule has 1 aliphatic rings. The van der Waals surface area contributed by atoms with Gasteiger partial charge in [0.1, 0.15) is 5.75 Å². The molecule has 1 aromatic carbocycles. The minimum absolute atomic E-state index is 0.857. The lowest BCUT2D eigenvalue weighted by atomic mass is 10.1.